The van der Waals surface area contributed by atoms with Gasteiger partial charge in [0, 0.05) is 24.3 Å². The third-order valence-corrected chi connectivity index (χ3v) is 3.05. The first-order valence-corrected chi connectivity index (χ1v) is 6.11. The number of hydrogen-bond donors (Lipinski definition) is 2. The smallest absolute Gasteiger partial charge is 0.265 e. The fourth-order valence-electron chi connectivity index (χ4n) is 2.30. The second kappa shape index (κ2) is 5.37. The number of morpholine rings is 1. The number of hydrogen-bond acceptors (Lipinski definition) is 4. The summed E-state index contributed by atoms with van der Waals surface area (Å²) in [6.07, 6.45) is 0.446. The van der Waals surface area contributed by atoms with Gasteiger partial charge in [0.05, 0.1) is 12.2 Å². The highest BCUT2D eigenvalue weighted by Crippen LogP contribution is 2.20. The number of ether oxygens (including phenoxy) is 1. The zero-order chi connectivity index (χ0) is 13.1. The van der Waals surface area contributed by atoms with Gasteiger partial charge >= 0.3 is 0 Å². The van der Waals surface area contributed by atoms with Crippen LogP contribution in [0.2, 0.25) is 0 Å². The number of nitrogens with zero attached hydrogens (tertiary/aromatic N) is 1. The van der Waals surface area contributed by atoms with E-state index in [1.807, 2.05) is 12.1 Å². The van der Waals surface area contributed by atoms with Crippen LogP contribution >= 0.6 is 0 Å². The highest BCUT2D eigenvalue weighted by Gasteiger charge is 2.22. The maximum atomic E-state index is 11.3. The van der Waals surface area contributed by atoms with E-state index in [2.05, 4.69) is 24.2 Å². The molecule has 2 rings (SSSR count). The molecule has 2 unspecified atom stereocenters. The predicted molar refractivity (Wildman–Crippen MR) is 70.3 cm³/mol. The first-order valence-electron chi connectivity index (χ1n) is 6.11. The van der Waals surface area contributed by atoms with E-state index in [1.165, 1.54) is 0 Å². The van der Waals surface area contributed by atoms with Crippen LogP contribution in [0.4, 0.5) is 5.69 Å². The number of hydrazine groups is 1. The van der Waals surface area contributed by atoms with Gasteiger partial charge < -0.3 is 9.64 Å². The summed E-state index contributed by atoms with van der Waals surface area (Å²) in [4.78, 5) is 13.6. The normalized spacial score (nSPS) is 23.8. The number of amides is 1. The van der Waals surface area contributed by atoms with Crippen LogP contribution in [0.1, 0.15) is 24.2 Å². The zero-order valence-electron chi connectivity index (χ0n) is 10.7. The standard InChI is InChI=1S/C13H19N3O2/c1-9-7-16(8-10(2)18-9)12-5-3-11(4-6-12)13(17)15-14/h3-6,9-10H,7-8,14H2,1-2H3,(H,15,17). The van der Waals surface area contributed by atoms with Crippen LogP contribution < -0.4 is 16.2 Å². The monoisotopic (exact) mass is 249 g/mol. The van der Waals surface area contributed by atoms with Crippen LogP contribution in [0.15, 0.2) is 24.3 Å². The Morgan fingerprint density at radius 3 is 2.33 bits per heavy atom. The molecule has 1 aliphatic heterocycles. The van der Waals surface area contributed by atoms with Gasteiger partial charge in [-0.1, -0.05) is 0 Å². The van der Waals surface area contributed by atoms with Crippen molar-refractivity contribution < 1.29 is 9.53 Å². The van der Waals surface area contributed by atoms with E-state index in [0.29, 0.717) is 5.56 Å². The molecule has 1 aromatic carbocycles. The van der Waals surface area contributed by atoms with Crippen molar-refractivity contribution in [1.29, 1.82) is 0 Å². The van der Waals surface area contributed by atoms with Crippen LogP contribution in [0.25, 0.3) is 0 Å². The summed E-state index contributed by atoms with van der Waals surface area (Å²) in [5.74, 6) is 4.82. The third kappa shape index (κ3) is 2.80. The fourth-order valence-corrected chi connectivity index (χ4v) is 2.30. The molecule has 2 atom stereocenters. The molecule has 0 aromatic heterocycles. The molecule has 1 heterocycles. The van der Waals surface area contributed by atoms with Crippen molar-refractivity contribution in [1.82, 2.24) is 5.43 Å². The number of nitrogens with one attached hydrogen (secondary N) is 1. The Morgan fingerprint density at radius 2 is 1.83 bits per heavy atom. The van der Waals surface area contributed by atoms with Crippen LogP contribution in [-0.2, 0) is 4.74 Å². The Balaban J connectivity index is 2.11. The largest absolute Gasteiger partial charge is 0.372 e. The van der Waals surface area contributed by atoms with Crippen LogP contribution in [0.3, 0.4) is 0 Å². The summed E-state index contributed by atoms with van der Waals surface area (Å²) in [6.45, 7) is 5.87. The maximum absolute atomic E-state index is 11.3. The van der Waals surface area contributed by atoms with Crippen molar-refractivity contribution in [2.75, 3.05) is 18.0 Å². The van der Waals surface area contributed by atoms with Gasteiger partial charge in [-0.05, 0) is 38.1 Å². The van der Waals surface area contributed by atoms with Gasteiger partial charge in [0.2, 0.25) is 0 Å². The first kappa shape index (κ1) is 12.9. The van der Waals surface area contributed by atoms with Crippen LogP contribution in [0, 0.1) is 0 Å². The van der Waals surface area contributed by atoms with E-state index in [1.54, 1.807) is 12.1 Å². The molecule has 1 fully saturated rings. The van der Waals surface area contributed by atoms with E-state index >= 15 is 0 Å². The van der Waals surface area contributed by atoms with Crippen molar-refractivity contribution in [2.45, 2.75) is 26.1 Å². The second-order valence-corrected chi connectivity index (χ2v) is 4.68. The number of anilines is 1. The van der Waals surface area contributed by atoms with Crippen molar-refractivity contribution in [3.8, 4) is 0 Å². The topological polar surface area (TPSA) is 67.6 Å². The Bertz CT molecular complexity index is 409. The molecular formula is C13H19N3O2. The second-order valence-electron chi connectivity index (χ2n) is 4.68. The van der Waals surface area contributed by atoms with E-state index in [9.17, 15) is 4.79 Å². The molecule has 0 radical (unpaired) electrons. The molecule has 5 heteroatoms. The molecule has 5 nitrogen and oxygen atoms in total. The Morgan fingerprint density at radius 1 is 1.28 bits per heavy atom. The molecule has 1 aromatic rings. The van der Waals surface area contributed by atoms with Crippen LogP contribution in [0.5, 0.6) is 0 Å². The fraction of sp³-hybridized carbons (Fsp3) is 0.462. The third-order valence-electron chi connectivity index (χ3n) is 3.05. The van der Waals surface area contributed by atoms with Gasteiger partial charge in [0.15, 0.2) is 0 Å². The number of carbonyl (C=O) groups is 1. The average molecular weight is 249 g/mol. The zero-order valence-corrected chi connectivity index (χ0v) is 10.7. The molecule has 1 aliphatic rings. The van der Waals surface area contributed by atoms with Gasteiger partial charge in [0.1, 0.15) is 0 Å². The van der Waals surface area contributed by atoms with Gasteiger partial charge in [0.25, 0.3) is 5.91 Å². The van der Waals surface area contributed by atoms with Gasteiger partial charge in [-0.25, -0.2) is 5.84 Å². The van der Waals surface area contributed by atoms with Crippen LogP contribution in [-0.4, -0.2) is 31.2 Å². The van der Waals surface area contributed by atoms with Crippen molar-refractivity contribution in [3.05, 3.63) is 29.8 Å². The van der Waals surface area contributed by atoms with Gasteiger partial charge in [-0.2, -0.15) is 0 Å². The van der Waals surface area contributed by atoms with Crippen molar-refractivity contribution in [3.63, 3.8) is 0 Å². The summed E-state index contributed by atoms with van der Waals surface area (Å²) in [5, 5.41) is 0. The Hall–Kier alpha value is -1.59. The highest BCUT2D eigenvalue weighted by molar-refractivity contribution is 5.94. The summed E-state index contributed by atoms with van der Waals surface area (Å²) in [5.41, 5.74) is 3.79. The molecule has 1 amide bonds. The number of benzene rings is 1. The lowest BCUT2D eigenvalue weighted by atomic mass is 10.1. The van der Waals surface area contributed by atoms with Crippen molar-refractivity contribution >= 4 is 11.6 Å². The summed E-state index contributed by atoms with van der Waals surface area (Å²) < 4.78 is 5.69. The van der Waals surface area contributed by atoms with E-state index in [-0.39, 0.29) is 18.1 Å². The molecule has 98 valence electrons. The first-order chi connectivity index (χ1) is 8.60. The van der Waals surface area contributed by atoms with Crippen molar-refractivity contribution in [2.24, 2.45) is 5.84 Å². The number of rotatable bonds is 2. The lowest BCUT2D eigenvalue weighted by molar-refractivity contribution is -0.00522. The molecule has 1 saturated heterocycles. The lowest BCUT2D eigenvalue weighted by Gasteiger charge is -2.36. The number of carbonyl (C=O) groups excluding carboxylic acids is 1. The molecule has 0 saturated carbocycles. The minimum atomic E-state index is -0.273. The Labute approximate surface area is 107 Å². The Kier molecular flexibility index (Phi) is 3.84. The van der Waals surface area contributed by atoms with E-state index < -0.39 is 0 Å². The highest BCUT2D eigenvalue weighted by atomic mass is 16.5. The summed E-state index contributed by atoms with van der Waals surface area (Å²) in [6, 6.07) is 7.44. The van der Waals surface area contributed by atoms with Gasteiger partial charge in [-0.3, -0.25) is 10.2 Å². The van der Waals surface area contributed by atoms with Gasteiger partial charge in [-0.15, -0.1) is 0 Å². The lowest BCUT2D eigenvalue weighted by Crippen LogP contribution is -2.45. The minimum absolute atomic E-state index is 0.223. The molecule has 0 aliphatic carbocycles. The summed E-state index contributed by atoms with van der Waals surface area (Å²) >= 11 is 0. The predicted octanol–water partition coefficient (Wildman–Crippen LogP) is 0.904. The minimum Gasteiger partial charge on any atom is -0.372 e. The molecule has 0 spiro atoms. The molecule has 0 bridgehead atoms. The number of nitrogen functional groups attached to an aromatic ring is 1. The maximum Gasteiger partial charge on any atom is 0.265 e. The van der Waals surface area contributed by atoms with E-state index in [4.69, 9.17) is 10.6 Å². The quantitative estimate of drug-likeness (QED) is 0.464. The SMILES string of the molecule is CC1CN(c2ccc(C(=O)NN)cc2)CC(C)O1. The average Bonchev–Trinajstić information content (AvgIpc) is 2.37. The van der Waals surface area contributed by atoms with E-state index in [0.717, 1.165) is 18.8 Å². The molecule has 3 N–H and O–H groups in total. The number of nitrogens with two attached hydrogens (primary N) is 1. The molecular weight excluding hydrogens is 230 g/mol. The summed E-state index contributed by atoms with van der Waals surface area (Å²) in [7, 11) is 0. The molecule has 18 heavy (non-hydrogen) atoms.